The molecule has 1 amide bonds. The number of carbonyl (C=O) groups is 2. The molecule has 0 bridgehead atoms. The van der Waals surface area contributed by atoms with E-state index in [-0.39, 0.29) is 23.4 Å². The van der Waals surface area contributed by atoms with Crippen LogP contribution in [0.4, 0.5) is 4.39 Å². The Morgan fingerprint density at radius 3 is 2.50 bits per heavy atom. The van der Waals surface area contributed by atoms with Crippen molar-refractivity contribution in [3.05, 3.63) is 64.8 Å². The summed E-state index contributed by atoms with van der Waals surface area (Å²) in [5.74, 6) is -0.660. The molecule has 1 aromatic carbocycles. The molecule has 4 rings (SSSR count). The Hall–Kier alpha value is -2.73. The van der Waals surface area contributed by atoms with Crippen molar-refractivity contribution >= 4 is 34.2 Å². The van der Waals surface area contributed by atoms with Crippen molar-refractivity contribution in [1.29, 1.82) is 0 Å². The number of fused-ring (bicyclic) bond motifs is 1. The van der Waals surface area contributed by atoms with Gasteiger partial charge in [-0.25, -0.2) is 9.37 Å². The molecule has 0 saturated carbocycles. The van der Waals surface area contributed by atoms with Crippen molar-refractivity contribution in [2.24, 2.45) is 0 Å². The van der Waals surface area contributed by atoms with Crippen molar-refractivity contribution in [1.82, 2.24) is 14.5 Å². The number of halogens is 2. The van der Waals surface area contributed by atoms with Gasteiger partial charge in [0.05, 0.1) is 5.52 Å². The first-order chi connectivity index (χ1) is 13.5. The number of pyridine rings is 1. The van der Waals surface area contributed by atoms with Gasteiger partial charge in [0.15, 0.2) is 10.9 Å². The molecule has 144 valence electrons. The highest BCUT2D eigenvalue weighted by molar-refractivity contribution is 6.34. The molecule has 1 saturated heterocycles. The van der Waals surface area contributed by atoms with Gasteiger partial charge in [0.25, 0.3) is 0 Å². The summed E-state index contributed by atoms with van der Waals surface area (Å²) >= 11 is 6.30. The van der Waals surface area contributed by atoms with Crippen LogP contribution in [0.5, 0.6) is 0 Å². The van der Waals surface area contributed by atoms with E-state index in [1.165, 1.54) is 30.5 Å². The van der Waals surface area contributed by atoms with Crippen molar-refractivity contribution < 1.29 is 14.0 Å². The van der Waals surface area contributed by atoms with Crippen LogP contribution in [0.15, 0.2) is 42.7 Å². The first kappa shape index (κ1) is 18.6. The number of amides is 1. The van der Waals surface area contributed by atoms with E-state index in [1.54, 1.807) is 16.8 Å². The fourth-order valence-corrected chi connectivity index (χ4v) is 3.93. The summed E-state index contributed by atoms with van der Waals surface area (Å²) in [6.07, 6.45) is 6.33. The molecule has 2 aromatic heterocycles. The zero-order valence-corrected chi connectivity index (χ0v) is 16.0. The number of likely N-dealkylation sites (tertiary alicyclic amines) is 1. The monoisotopic (exact) mass is 399 g/mol. The predicted octanol–water partition coefficient (Wildman–Crippen LogP) is 4.07. The molecule has 0 spiro atoms. The lowest BCUT2D eigenvalue weighted by atomic mass is 10.0. The summed E-state index contributed by atoms with van der Waals surface area (Å²) < 4.78 is 14.9. The number of nitrogens with zero attached hydrogens (tertiary/aromatic N) is 3. The minimum Gasteiger partial charge on any atom is -0.341 e. The standard InChI is InChI=1S/C21H19ClFN3O2/c22-21-19-16(8-9-24-21)17(20(28)14-4-6-15(23)7-5-14)12-26(19)13-18(27)25-10-2-1-3-11-25/h4-9,12H,1-3,10-11,13H2. The van der Waals surface area contributed by atoms with Crippen LogP contribution in [0.25, 0.3) is 10.9 Å². The lowest BCUT2D eigenvalue weighted by Crippen LogP contribution is -2.37. The Kier molecular flexibility index (Phi) is 5.13. The lowest BCUT2D eigenvalue weighted by molar-refractivity contribution is -0.132. The second-order valence-corrected chi connectivity index (χ2v) is 7.30. The molecule has 0 atom stereocenters. The van der Waals surface area contributed by atoms with Gasteiger partial charge in [-0.3, -0.25) is 9.59 Å². The zero-order valence-electron chi connectivity index (χ0n) is 15.2. The van der Waals surface area contributed by atoms with Gasteiger partial charge in [0.2, 0.25) is 5.91 Å². The lowest BCUT2D eigenvalue weighted by Gasteiger charge is -2.27. The second-order valence-electron chi connectivity index (χ2n) is 6.95. The molecular weight excluding hydrogens is 381 g/mol. The Balaban J connectivity index is 1.72. The summed E-state index contributed by atoms with van der Waals surface area (Å²) in [7, 11) is 0. The average molecular weight is 400 g/mol. The normalized spacial score (nSPS) is 14.4. The maximum Gasteiger partial charge on any atom is 0.242 e. The molecule has 3 aromatic rings. The van der Waals surface area contributed by atoms with Gasteiger partial charge in [-0.2, -0.15) is 0 Å². The second kappa shape index (κ2) is 7.72. The summed E-state index contributed by atoms with van der Waals surface area (Å²) in [6.45, 7) is 1.61. The molecule has 0 N–H and O–H groups in total. The Labute approximate surface area is 166 Å². The van der Waals surface area contributed by atoms with Crippen LogP contribution in [-0.2, 0) is 11.3 Å². The smallest absolute Gasteiger partial charge is 0.242 e. The van der Waals surface area contributed by atoms with Gasteiger partial charge in [0.1, 0.15) is 12.4 Å². The van der Waals surface area contributed by atoms with E-state index in [0.717, 1.165) is 32.4 Å². The molecule has 3 heterocycles. The molecule has 28 heavy (non-hydrogen) atoms. The molecule has 0 unspecified atom stereocenters. The SMILES string of the molecule is O=C(c1ccc(F)cc1)c1cn(CC(=O)N2CCCCC2)c2c(Cl)nccc12. The van der Waals surface area contributed by atoms with E-state index < -0.39 is 5.82 Å². The van der Waals surface area contributed by atoms with Crippen molar-refractivity contribution in [3.63, 3.8) is 0 Å². The van der Waals surface area contributed by atoms with Gasteiger partial charge in [-0.1, -0.05) is 11.6 Å². The van der Waals surface area contributed by atoms with Gasteiger partial charge in [-0.15, -0.1) is 0 Å². The van der Waals surface area contributed by atoms with Crippen molar-refractivity contribution in [2.75, 3.05) is 13.1 Å². The number of aromatic nitrogens is 2. The van der Waals surface area contributed by atoms with E-state index in [4.69, 9.17) is 11.6 Å². The van der Waals surface area contributed by atoms with E-state index in [9.17, 15) is 14.0 Å². The molecule has 7 heteroatoms. The molecule has 0 radical (unpaired) electrons. The average Bonchev–Trinajstić information content (AvgIpc) is 3.08. The van der Waals surface area contributed by atoms with E-state index >= 15 is 0 Å². The van der Waals surface area contributed by atoms with Gasteiger partial charge >= 0.3 is 0 Å². The highest BCUT2D eigenvalue weighted by atomic mass is 35.5. The van der Waals surface area contributed by atoms with Crippen LogP contribution in [-0.4, -0.2) is 39.2 Å². The van der Waals surface area contributed by atoms with Gasteiger partial charge < -0.3 is 9.47 Å². The molecule has 1 aliphatic heterocycles. The molecule has 0 aliphatic carbocycles. The van der Waals surface area contributed by atoms with Crippen LogP contribution in [0, 0.1) is 5.82 Å². The Bertz CT molecular complexity index is 1040. The van der Waals surface area contributed by atoms with Crippen LogP contribution >= 0.6 is 11.6 Å². The molecule has 1 fully saturated rings. The zero-order chi connectivity index (χ0) is 19.7. The number of hydrogen-bond acceptors (Lipinski definition) is 3. The minimum absolute atomic E-state index is 0.00250. The Morgan fingerprint density at radius 1 is 1.07 bits per heavy atom. The quantitative estimate of drug-likeness (QED) is 0.491. The van der Waals surface area contributed by atoms with E-state index in [1.807, 2.05) is 4.90 Å². The van der Waals surface area contributed by atoms with Crippen LogP contribution in [0.3, 0.4) is 0 Å². The number of hydrogen-bond donors (Lipinski definition) is 0. The summed E-state index contributed by atoms with van der Waals surface area (Å²) in [5.41, 5.74) is 1.34. The highest BCUT2D eigenvalue weighted by Gasteiger charge is 2.22. The maximum atomic E-state index is 13.2. The highest BCUT2D eigenvalue weighted by Crippen LogP contribution is 2.28. The van der Waals surface area contributed by atoms with E-state index in [0.29, 0.717) is 22.0 Å². The summed E-state index contributed by atoms with van der Waals surface area (Å²) in [5, 5.41) is 0.864. The summed E-state index contributed by atoms with van der Waals surface area (Å²) in [6, 6.07) is 7.10. The van der Waals surface area contributed by atoms with Crippen LogP contribution < -0.4 is 0 Å². The van der Waals surface area contributed by atoms with E-state index in [2.05, 4.69) is 4.98 Å². The number of benzene rings is 1. The van der Waals surface area contributed by atoms with Gasteiger partial charge in [0, 0.05) is 42.0 Å². The Morgan fingerprint density at radius 2 is 1.79 bits per heavy atom. The topological polar surface area (TPSA) is 55.2 Å². The number of rotatable bonds is 4. The summed E-state index contributed by atoms with van der Waals surface area (Å²) in [4.78, 5) is 31.7. The first-order valence-corrected chi connectivity index (χ1v) is 9.64. The predicted molar refractivity (Wildman–Crippen MR) is 105 cm³/mol. The molecule has 5 nitrogen and oxygen atoms in total. The number of piperidine rings is 1. The minimum atomic E-state index is -0.404. The van der Waals surface area contributed by atoms with Crippen LogP contribution in [0.2, 0.25) is 5.15 Å². The maximum absolute atomic E-state index is 13.2. The fraction of sp³-hybridized carbons (Fsp3) is 0.286. The fourth-order valence-electron chi connectivity index (χ4n) is 3.66. The third-order valence-electron chi connectivity index (χ3n) is 5.11. The number of ketones is 1. The largest absolute Gasteiger partial charge is 0.341 e. The van der Waals surface area contributed by atoms with Crippen molar-refractivity contribution in [3.8, 4) is 0 Å². The van der Waals surface area contributed by atoms with Crippen molar-refractivity contribution in [2.45, 2.75) is 25.8 Å². The number of carbonyl (C=O) groups excluding carboxylic acids is 2. The third-order valence-corrected chi connectivity index (χ3v) is 5.38. The van der Waals surface area contributed by atoms with Gasteiger partial charge in [-0.05, 0) is 49.6 Å². The first-order valence-electron chi connectivity index (χ1n) is 9.26. The molecule has 1 aliphatic rings. The molecular formula is C21H19ClFN3O2. The van der Waals surface area contributed by atoms with Crippen LogP contribution in [0.1, 0.15) is 35.2 Å². The third kappa shape index (κ3) is 3.52.